The standard InChI is InChI=1S/C13H27NOS/c1-3-5-11-16(15)13-9-7-6-8-12(13)14-10-4-2/h12-14H,3-11H2,1-2H3. The monoisotopic (exact) mass is 245 g/mol. The molecule has 0 aromatic carbocycles. The molecule has 96 valence electrons. The average Bonchev–Trinajstić information content (AvgIpc) is 2.33. The zero-order chi connectivity index (χ0) is 11.8. The molecule has 3 atom stereocenters. The molecule has 0 aromatic rings. The van der Waals surface area contributed by atoms with E-state index in [9.17, 15) is 4.21 Å². The van der Waals surface area contributed by atoms with Gasteiger partial charge in [0.1, 0.15) is 0 Å². The van der Waals surface area contributed by atoms with Crippen molar-refractivity contribution in [2.75, 3.05) is 12.3 Å². The molecule has 3 heteroatoms. The summed E-state index contributed by atoms with van der Waals surface area (Å²) in [6, 6.07) is 0.520. The zero-order valence-corrected chi connectivity index (χ0v) is 11.7. The molecule has 0 saturated heterocycles. The van der Waals surface area contributed by atoms with Crippen molar-refractivity contribution in [3.05, 3.63) is 0 Å². The lowest BCUT2D eigenvalue weighted by molar-refractivity contribution is 0.379. The van der Waals surface area contributed by atoms with Crippen LogP contribution in [0.2, 0.25) is 0 Å². The van der Waals surface area contributed by atoms with Crippen molar-refractivity contribution in [1.82, 2.24) is 5.32 Å². The highest BCUT2D eigenvalue weighted by Gasteiger charge is 2.28. The van der Waals surface area contributed by atoms with Gasteiger partial charge in [-0.15, -0.1) is 0 Å². The van der Waals surface area contributed by atoms with E-state index >= 15 is 0 Å². The zero-order valence-electron chi connectivity index (χ0n) is 10.8. The van der Waals surface area contributed by atoms with Gasteiger partial charge < -0.3 is 5.32 Å². The smallest absolute Gasteiger partial charge is 0.0501 e. The molecular formula is C13H27NOS. The van der Waals surface area contributed by atoms with Crippen molar-refractivity contribution in [3.8, 4) is 0 Å². The van der Waals surface area contributed by atoms with Gasteiger partial charge in [-0.05, 0) is 32.2 Å². The lowest BCUT2D eigenvalue weighted by Gasteiger charge is -2.31. The Morgan fingerprint density at radius 3 is 2.62 bits per heavy atom. The van der Waals surface area contributed by atoms with E-state index in [1.165, 1.54) is 25.7 Å². The first-order chi connectivity index (χ1) is 7.79. The first-order valence-corrected chi connectivity index (χ1v) is 8.28. The Kier molecular flexibility index (Phi) is 7.30. The molecule has 16 heavy (non-hydrogen) atoms. The molecule has 1 saturated carbocycles. The van der Waals surface area contributed by atoms with Gasteiger partial charge in [0.25, 0.3) is 0 Å². The van der Waals surface area contributed by atoms with Gasteiger partial charge in [0.15, 0.2) is 0 Å². The second-order valence-electron chi connectivity index (χ2n) is 4.82. The molecular weight excluding hydrogens is 218 g/mol. The number of hydrogen-bond acceptors (Lipinski definition) is 2. The highest BCUT2D eigenvalue weighted by atomic mass is 32.2. The fourth-order valence-corrected chi connectivity index (χ4v) is 4.32. The van der Waals surface area contributed by atoms with E-state index in [-0.39, 0.29) is 0 Å². The molecule has 1 aliphatic rings. The van der Waals surface area contributed by atoms with Gasteiger partial charge in [0, 0.05) is 22.6 Å². The van der Waals surface area contributed by atoms with Crippen LogP contribution in [0.25, 0.3) is 0 Å². The molecule has 0 radical (unpaired) electrons. The quantitative estimate of drug-likeness (QED) is 0.747. The SMILES string of the molecule is CCCCS(=O)C1CCCCC1NCCC. The Morgan fingerprint density at radius 1 is 1.19 bits per heavy atom. The summed E-state index contributed by atoms with van der Waals surface area (Å²) in [5.74, 6) is 0.908. The van der Waals surface area contributed by atoms with E-state index in [1.54, 1.807) is 0 Å². The highest BCUT2D eigenvalue weighted by Crippen LogP contribution is 2.23. The Bertz CT molecular complexity index is 208. The number of nitrogens with one attached hydrogen (secondary N) is 1. The van der Waals surface area contributed by atoms with Crippen LogP contribution in [0.4, 0.5) is 0 Å². The summed E-state index contributed by atoms with van der Waals surface area (Å²) in [6.07, 6.45) is 8.41. The Morgan fingerprint density at radius 2 is 1.94 bits per heavy atom. The molecule has 1 rings (SSSR count). The van der Waals surface area contributed by atoms with Crippen molar-refractivity contribution in [2.24, 2.45) is 0 Å². The van der Waals surface area contributed by atoms with Crippen molar-refractivity contribution < 1.29 is 4.21 Å². The molecule has 1 aliphatic carbocycles. The maximum absolute atomic E-state index is 12.2. The van der Waals surface area contributed by atoms with E-state index in [0.717, 1.165) is 31.6 Å². The fourth-order valence-electron chi connectivity index (χ4n) is 2.41. The van der Waals surface area contributed by atoms with Gasteiger partial charge in [0.2, 0.25) is 0 Å². The fraction of sp³-hybridized carbons (Fsp3) is 1.00. The van der Waals surface area contributed by atoms with Gasteiger partial charge >= 0.3 is 0 Å². The molecule has 3 unspecified atom stereocenters. The van der Waals surface area contributed by atoms with Gasteiger partial charge in [0.05, 0.1) is 5.25 Å². The minimum Gasteiger partial charge on any atom is -0.313 e. The summed E-state index contributed by atoms with van der Waals surface area (Å²) in [7, 11) is -0.602. The van der Waals surface area contributed by atoms with Gasteiger partial charge in [-0.25, -0.2) is 0 Å². The van der Waals surface area contributed by atoms with Crippen LogP contribution in [0, 0.1) is 0 Å². The van der Waals surface area contributed by atoms with Crippen LogP contribution in [-0.4, -0.2) is 27.8 Å². The predicted molar refractivity (Wildman–Crippen MR) is 72.3 cm³/mol. The van der Waals surface area contributed by atoms with E-state index in [4.69, 9.17) is 0 Å². The van der Waals surface area contributed by atoms with E-state index in [2.05, 4.69) is 19.2 Å². The molecule has 1 fully saturated rings. The minimum atomic E-state index is -0.602. The predicted octanol–water partition coefficient (Wildman–Crippen LogP) is 2.85. The normalized spacial score (nSPS) is 27.9. The van der Waals surface area contributed by atoms with E-state index in [0.29, 0.717) is 11.3 Å². The van der Waals surface area contributed by atoms with Crippen LogP contribution in [0.5, 0.6) is 0 Å². The van der Waals surface area contributed by atoms with Crippen LogP contribution in [0.3, 0.4) is 0 Å². The van der Waals surface area contributed by atoms with Crippen molar-refractivity contribution in [3.63, 3.8) is 0 Å². The number of unbranched alkanes of at least 4 members (excludes halogenated alkanes) is 1. The molecule has 1 N–H and O–H groups in total. The van der Waals surface area contributed by atoms with Crippen LogP contribution < -0.4 is 5.32 Å². The van der Waals surface area contributed by atoms with Gasteiger partial charge in [-0.1, -0.05) is 33.1 Å². The molecule has 0 heterocycles. The van der Waals surface area contributed by atoms with Crippen LogP contribution >= 0.6 is 0 Å². The van der Waals surface area contributed by atoms with Crippen molar-refractivity contribution in [2.45, 2.75) is 70.1 Å². The minimum absolute atomic E-state index is 0.423. The topological polar surface area (TPSA) is 29.1 Å². The summed E-state index contributed by atoms with van der Waals surface area (Å²) in [5.41, 5.74) is 0. The summed E-state index contributed by atoms with van der Waals surface area (Å²) in [6.45, 7) is 5.44. The summed E-state index contributed by atoms with van der Waals surface area (Å²) < 4.78 is 12.2. The number of rotatable bonds is 7. The molecule has 0 aromatic heterocycles. The van der Waals surface area contributed by atoms with E-state index in [1.807, 2.05) is 0 Å². The average molecular weight is 245 g/mol. The second kappa shape index (κ2) is 8.24. The molecule has 0 bridgehead atoms. The third kappa shape index (κ3) is 4.54. The molecule has 0 spiro atoms. The lowest BCUT2D eigenvalue weighted by atomic mass is 9.95. The maximum atomic E-state index is 12.2. The largest absolute Gasteiger partial charge is 0.313 e. The van der Waals surface area contributed by atoms with E-state index < -0.39 is 10.8 Å². The third-order valence-electron chi connectivity index (χ3n) is 3.40. The summed E-state index contributed by atoms with van der Waals surface area (Å²) in [4.78, 5) is 0. The van der Waals surface area contributed by atoms with Crippen molar-refractivity contribution in [1.29, 1.82) is 0 Å². The maximum Gasteiger partial charge on any atom is 0.0501 e. The number of hydrogen-bond donors (Lipinski definition) is 1. The molecule has 0 aliphatic heterocycles. The van der Waals surface area contributed by atoms with Crippen LogP contribution in [-0.2, 0) is 10.8 Å². The Hall–Kier alpha value is 0.110. The van der Waals surface area contributed by atoms with Gasteiger partial charge in [-0.2, -0.15) is 0 Å². The summed E-state index contributed by atoms with van der Waals surface area (Å²) in [5, 5.41) is 4.01. The Labute approximate surface area is 103 Å². The van der Waals surface area contributed by atoms with Crippen LogP contribution in [0.1, 0.15) is 58.8 Å². The summed E-state index contributed by atoms with van der Waals surface area (Å²) >= 11 is 0. The lowest BCUT2D eigenvalue weighted by Crippen LogP contribution is -2.45. The molecule has 2 nitrogen and oxygen atoms in total. The third-order valence-corrected chi connectivity index (χ3v) is 5.33. The highest BCUT2D eigenvalue weighted by molar-refractivity contribution is 7.85. The van der Waals surface area contributed by atoms with Crippen LogP contribution in [0.15, 0.2) is 0 Å². The Balaban J connectivity index is 2.42. The van der Waals surface area contributed by atoms with Gasteiger partial charge in [-0.3, -0.25) is 4.21 Å². The van der Waals surface area contributed by atoms with Crippen molar-refractivity contribution >= 4 is 10.8 Å². The first-order valence-electron chi connectivity index (χ1n) is 6.90. The second-order valence-corrected chi connectivity index (χ2v) is 6.60. The first kappa shape index (κ1) is 14.2. The molecule has 0 amide bonds.